The van der Waals surface area contributed by atoms with E-state index in [2.05, 4.69) is 22.2 Å². The first-order valence-electron chi connectivity index (χ1n) is 6.95. The molecule has 3 rings (SSSR count). The Morgan fingerprint density at radius 3 is 2.91 bits per heavy atom. The van der Waals surface area contributed by atoms with Crippen molar-refractivity contribution in [2.75, 3.05) is 24.7 Å². The number of hydrogen-bond donors (Lipinski definition) is 1. The Morgan fingerprint density at radius 1 is 1.43 bits per heavy atom. The fraction of sp³-hybridized carbons (Fsp3) is 0.333. The molecule has 2 aromatic rings. The minimum Gasteiger partial charge on any atom is -0.301 e. The molecule has 1 aromatic carbocycles. The van der Waals surface area contributed by atoms with E-state index in [0.717, 1.165) is 30.1 Å². The molecule has 0 radical (unpaired) electrons. The lowest BCUT2D eigenvalue weighted by atomic mass is 10.2. The van der Waals surface area contributed by atoms with E-state index < -0.39 is 0 Å². The molecular formula is C15H17Cl2N3OS2. The largest absolute Gasteiger partial charge is 0.301 e. The van der Waals surface area contributed by atoms with Crippen molar-refractivity contribution < 1.29 is 4.79 Å². The molecule has 0 fully saturated rings. The highest BCUT2D eigenvalue weighted by atomic mass is 35.5. The van der Waals surface area contributed by atoms with Crippen LogP contribution in [0.4, 0.5) is 5.13 Å². The molecule has 4 nitrogen and oxygen atoms in total. The molecule has 0 aliphatic carbocycles. The number of likely N-dealkylation sites (N-methyl/N-ethyl adjacent to an activating group) is 1. The number of anilines is 1. The Kier molecular flexibility index (Phi) is 6.73. The van der Waals surface area contributed by atoms with Gasteiger partial charge in [-0.15, -0.1) is 35.5 Å². The molecule has 2 heterocycles. The second-order valence-corrected chi connectivity index (χ2v) is 7.74. The number of hydrogen-bond acceptors (Lipinski definition) is 5. The van der Waals surface area contributed by atoms with Gasteiger partial charge in [0.25, 0.3) is 0 Å². The molecular weight excluding hydrogens is 373 g/mol. The molecule has 1 amide bonds. The second kappa shape index (κ2) is 8.35. The van der Waals surface area contributed by atoms with Crippen molar-refractivity contribution in [1.82, 2.24) is 9.88 Å². The van der Waals surface area contributed by atoms with Gasteiger partial charge in [-0.1, -0.05) is 11.6 Å². The predicted octanol–water partition coefficient (Wildman–Crippen LogP) is 3.94. The third-order valence-electron chi connectivity index (χ3n) is 3.35. The number of thioether (sulfide) groups is 1. The molecule has 1 aliphatic heterocycles. The van der Waals surface area contributed by atoms with E-state index in [1.165, 1.54) is 16.6 Å². The number of carbonyl (C=O) groups excluding carboxylic acids is 1. The minimum atomic E-state index is -0.0283. The van der Waals surface area contributed by atoms with Crippen LogP contribution in [0, 0.1) is 0 Å². The van der Waals surface area contributed by atoms with Crippen molar-refractivity contribution in [3.63, 3.8) is 0 Å². The zero-order chi connectivity index (χ0) is 15.5. The highest BCUT2D eigenvalue weighted by Crippen LogP contribution is 2.28. The third-order valence-corrected chi connectivity index (χ3v) is 5.61. The molecule has 1 N–H and O–H groups in total. The lowest BCUT2D eigenvalue weighted by Gasteiger charge is -2.20. The van der Waals surface area contributed by atoms with Crippen LogP contribution in [0.3, 0.4) is 0 Å². The molecule has 124 valence electrons. The molecule has 0 spiro atoms. The average Bonchev–Trinajstić information content (AvgIpc) is 2.88. The monoisotopic (exact) mass is 389 g/mol. The molecule has 8 heteroatoms. The molecule has 1 aromatic heterocycles. The van der Waals surface area contributed by atoms with E-state index in [9.17, 15) is 4.79 Å². The maximum atomic E-state index is 12.0. The van der Waals surface area contributed by atoms with Crippen LogP contribution < -0.4 is 5.32 Å². The van der Waals surface area contributed by atoms with E-state index in [0.29, 0.717) is 15.9 Å². The molecule has 0 atom stereocenters. The Labute approximate surface area is 155 Å². The SMILES string of the molecule is CN1CCc2nc(NC(=O)CSc3ccc(Cl)cc3)sc2C1.Cl. The number of benzene rings is 1. The summed E-state index contributed by atoms with van der Waals surface area (Å²) in [6.45, 7) is 1.94. The number of fused-ring (bicyclic) bond motifs is 1. The molecule has 0 bridgehead atoms. The van der Waals surface area contributed by atoms with Crippen molar-refractivity contribution in [2.24, 2.45) is 0 Å². The van der Waals surface area contributed by atoms with E-state index in [1.807, 2.05) is 24.3 Å². The van der Waals surface area contributed by atoms with Gasteiger partial charge in [0.15, 0.2) is 5.13 Å². The van der Waals surface area contributed by atoms with Crippen molar-refractivity contribution in [3.8, 4) is 0 Å². The van der Waals surface area contributed by atoms with Crippen LogP contribution in [-0.2, 0) is 17.8 Å². The normalized spacial score (nSPS) is 14.0. The van der Waals surface area contributed by atoms with Gasteiger partial charge in [0.05, 0.1) is 11.4 Å². The van der Waals surface area contributed by atoms with Crippen LogP contribution in [0.5, 0.6) is 0 Å². The fourth-order valence-electron chi connectivity index (χ4n) is 2.21. The first-order valence-corrected chi connectivity index (χ1v) is 9.13. The Hall–Kier alpha value is -0.790. The zero-order valence-corrected chi connectivity index (χ0v) is 15.7. The summed E-state index contributed by atoms with van der Waals surface area (Å²) in [5.74, 6) is 0.339. The van der Waals surface area contributed by atoms with Gasteiger partial charge in [-0.05, 0) is 31.3 Å². The van der Waals surface area contributed by atoms with Crippen molar-refractivity contribution in [1.29, 1.82) is 0 Å². The van der Waals surface area contributed by atoms with Gasteiger partial charge < -0.3 is 10.2 Å². The summed E-state index contributed by atoms with van der Waals surface area (Å²) >= 11 is 8.91. The standard InChI is InChI=1S/C15H16ClN3OS2.ClH/c1-19-7-6-12-13(8-19)22-15(17-12)18-14(20)9-21-11-4-2-10(16)3-5-11;/h2-5H,6-9H2,1H3,(H,17,18,20);1H. The topological polar surface area (TPSA) is 45.2 Å². The minimum absolute atomic E-state index is 0. The summed E-state index contributed by atoms with van der Waals surface area (Å²) in [7, 11) is 2.10. The van der Waals surface area contributed by atoms with Gasteiger partial charge in [0.1, 0.15) is 0 Å². The van der Waals surface area contributed by atoms with E-state index in [4.69, 9.17) is 11.6 Å². The molecule has 23 heavy (non-hydrogen) atoms. The zero-order valence-electron chi connectivity index (χ0n) is 12.5. The Morgan fingerprint density at radius 2 is 2.17 bits per heavy atom. The summed E-state index contributed by atoms with van der Waals surface area (Å²) in [6.07, 6.45) is 0.956. The number of halogens is 2. The van der Waals surface area contributed by atoms with E-state index in [-0.39, 0.29) is 18.3 Å². The van der Waals surface area contributed by atoms with Crippen LogP contribution in [0.1, 0.15) is 10.6 Å². The van der Waals surface area contributed by atoms with Crippen LogP contribution in [0.2, 0.25) is 5.02 Å². The first-order chi connectivity index (χ1) is 10.6. The number of rotatable bonds is 4. The second-order valence-electron chi connectivity index (χ2n) is 5.17. The van der Waals surface area contributed by atoms with E-state index in [1.54, 1.807) is 11.3 Å². The Bertz CT molecular complexity index is 676. The van der Waals surface area contributed by atoms with Gasteiger partial charge in [0, 0.05) is 34.3 Å². The number of carbonyl (C=O) groups is 1. The van der Waals surface area contributed by atoms with Crippen LogP contribution in [0.15, 0.2) is 29.2 Å². The lowest BCUT2D eigenvalue weighted by molar-refractivity contribution is -0.113. The van der Waals surface area contributed by atoms with E-state index >= 15 is 0 Å². The number of nitrogens with one attached hydrogen (secondary N) is 1. The smallest absolute Gasteiger partial charge is 0.236 e. The van der Waals surface area contributed by atoms with Crippen molar-refractivity contribution in [2.45, 2.75) is 17.9 Å². The fourth-order valence-corrected chi connectivity index (χ4v) is 4.14. The molecule has 0 unspecified atom stereocenters. The summed E-state index contributed by atoms with van der Waals surface area (Å²) in [5, 5.41) is 4.31. The van der Waals surface area contributed by atoms with Crippen LogP contribution >= 0.6 is 47.1 Å². The number of nitrogens with zero attached hydrogens (tertiary/aromatic N) is 2. The third kappa shape index (κ3) is 5.09. The van der Waals surface area contributed by atoms with Crippen molar-refractivity contribution >= 4 is 58.1 Å². The van der Waals surface area contributed by atoms with Crippen molar-refractivity contribution in [3.05, 3.63) is 39.9 Å². The van der Waals surface area contributed by atoms with Gasteiger partial charge in [-0.2, -0.15) is 0 Å². The van der Waals surface area contributed by atoms with Crippen LogP contribution in [0.25, 0.3) is 0 Å². The number of aromatic nitrogens is 1. The number of thiazole rings is 1. The highest BCUT2D eigenvalue weighted by Gasteiger charge is 2.19. The highest BCUT2D eigenvalue weighted by molar-refractivity contribution is 8.00. The number of amides is 1. The quantitative estimate of drug-likeness (QED) is 0.804. The maximum Gasteiger partial charge on any atom is 0.236 e. The summed E-state index contributed by atoms with van der Waals surface area (Å²) in [5.41, 5.74) is 1.13. The summed E-state index contributed by atoms with van der Waals surface area (Å²) in [6, 6.07) is 7.48. The summed E-state index contributed by atoms with van der Waals surface area (Å²) in [4.78, 5) is 21.1. The molecule has 1 aliphatic rings. The Balaban J connectivity index is 0.00000192. The average molecular weight is 390 g/mol. The molecule has 0 saturated carbocycles. The van der Waals surface area contributed by atoms with Gasteiger partial charge >= 0.3 is 0 Å². The lowest BCUT2D eigenvalue weighted by Crippen LogP contribution is -2.25. The predicted molar refractivity (Wildman–Crippen MR) is 100 cm³/mol. The van der Waals surface area contributed by atoms with Gasteiger partial charge in [0.2, 0.25) is 5.91 Å². The van der Waals surface area contributed by atoms with Crippen LogP contribution in [-0.4, -0.2) is 35.1 Å². The molecule has 0 saturated heterocycles. The maximum absolute atomic E-state index is 12.0. The summed E-state index contributed by atoms with van der Waals surface area (Å²) < 4.78 is 0. The van der Waals surface area contributed by atoms with Gasteiger partial charge in [-0.3, -0.25) is 4.79 Å². The van der Waals surface area contributed by atoms with Gasteiger partial charge in [-0.25, -0.2) is 4.98 Å². The first kappa shape index (κ1) is 18.5.